The monoisotopic (exact) mass is 553 g/mol. The fourth-order valence-electron chi connectivity index (χ4n) is 4.72. The molecule has 2 aromatic carbocycles. The molecule has 0 bridgehead atoms. The number of likely N-dealkylation sites (tertiary alicyclic amines) is 1. The van der Waals surface area contributed by atoms with E-state index in [0.717, 1.165) is 5.56 Å². The number of urea groups is 1. The SMILES string of the molecule is CCCS(=O)(=O)N(CC(=O)N(Cc1ccccc1)C1CCN(C(=O)Nc2ccc(C#N)cc2)CC1)CC(C)C. The molecule has 0 spiro atoms. The maximum atomic E-state index is 13.7. The maximum Gasteiger partial charge on any atom is 0.321 e. The fourth-order valence-corrected chi connectivity index (χ4v) is 6.33. The summed E-state index contributed by atoms with van der Waals surface area (Å²) in [5.74, 6) is -0.122. The predicted octanol–water partition coefficient (Wildman–Crippen LogP) is 4.28. The molecule has 9 nitrogen and oxygen atoms in total. The highest BCUT2D eigenvalue weighted by Gasteiger charge is 2.33. The van der Waals surface area contributed by atoms with Gasteiger partial charge in [0.2, 0.25) is 15.9 Å². The number of carbonyl (C=O) groups is 2. The number of piperidine rings is 1. The second-order valence-electron chi connectivity index (χ2n) is 10.3. The summed E-state index contributed by atoms with van der Waals surface area (Å²) in [6.07, 6.45) is 1.67. The molecule has 1 fully saturated rings. The number of nitrogens with one attached hydrogen (secondary N) is 1. The van der Waals surface area contributed by atoms with Crippen molar-refractivity contribution in [1.82, 2.24) is 14.1 Å². The van der Waals surface area contributed by atoms with Crippen LogP contribution in [-0.4, -0.2) is 72.4 Å². The van der Waals surface area contributed by atoms with Gasteiger partial charge in [-0.15, -0.1) is 0 Å². The Morgan fingerprint density at radius 1 is 1.08 bits per heavy atom. The second kappa shape index (κ2) is 14.1. The Morgan fingerprint density at radius 3 is 2.28 bits per heavy atom. The Bertz CT molecular complexity index is 1230. The summed E-state index contributed by atoms with van der Waals surface area (Å²) in [5.41, 5.74) is 2.10. The van der Waals surface area contributed by atoms with E-state index in [4.69, 9.17) is 5.26 Å². The maximum absolute atomic E-state index is 13.7. The molecular formula is C29H39N5O4S. The van der Waals surface area contributed by atoms with Crippen LogP contribution >= 0.6 is 0 Å². The number of nitriles is 1. The highest BCUT2D eigenvalue weighted by atomic mass is 32.2. The van der Waals surface area contributed by atoms with E-state index in [2.05, 4.69) is 11.4 Å². The van der Waals surface area contributed by atoms with Gasteiger partial charge in [0.1, 0.15) is 0 Å². The van der Waals surface area contributed by atoms with Gasteiger partial charge in [-0.25, -0.2) is 13.2 Å². The second-order valence-corrected chi connectivity index (χ2v) is 12.4. The van der Waals surface area contributed by atoms with Gasteiger partial charge in [-0.1, -0.05) is 51.1 Å². The summed E-state index contributed by atoms with van der Waals surface area (Å²) in [4.78, 5) is 30.1. The van der Waals surface area contributed by atoms with Crippen LogP contribution in [0.15, 0.2) is 54.6 Å². The van der Waals surface area contributed by atoms with Gasteiger partial charge >= 0.3 is 6.03 Å². The molecule has 2 aromatic rings. The van der Waals surface area contributed by atoms with Crippen molar-refractivity contribution in [3.05, 3.63) is 65.7 Å². The molecule has 1 aliphatic heterocycles. The van der Waals surface area contributed by atoms with Gasteiger partial charge in [0.25, 0.3) is 0 Å². The molecule has 0 atom stereocenters. The van der Waals surface area contributed by atoms with Gasteiger partial charge in [0.05, 0.1) is 23.9 Å². The number of hydrogen-bond acceptors (Lipinski definition) is 5. The molecule has 0 radical (unpaired) electrons. The predicted molar refractivity (Wildman–Crippen MR) is 152 cm³/mol. The largest absolute Gasteiger partial charge is 0.334 e. The van der Waals surface area contributed by atoms with Crippen molar-refractivity contribution in [3.8, 4) is 6.07 Å². The lowest BCUT2D eigenvalue weighted by Gasteiger charge is -2.39. The van der Waals surface area contributed by atoms with Gasteiger partial charge in [0.15, 0.2) is 0 Å². The fraction of sp³-hybridized carbons (Fsp3) is 0.483. The first-order valence-corrected chi connectivity index (χ1v) is 15.1. The van der Waals surface area contributed by atoms with E-state index in [-0.39, 0.29) is 36.2 Å². The molecule has 0 aliphatic carbocycles. The smallest absolute Gasteiger partial charge is 0.321 e. The molecular weight excluding hydrogens is 514 g/mol. The molecule has 0 aromatic heterocycles. The van der Waals surface area contributed by atoms with Crippen molar-refractivity contribution in [1.29, 1.82) is 5.26 Å². The minimum atomic E-state index is -3.55. The average Bonchev–Trinajstić information content (AvgIpc) is 2.92. The molecule has 39 heavy (non-hydrogen) atoms. The van der Waals surface area contributed by atoms with Crippen LogP contribution in [0.25, 0.3) is 0 Å². The Morgan fingerprint density at radius 2 is 1.72 bits per heavy atom. The zero-order valence-electron chi connectivity index (χ0n) is 23.0. The van der Waals surface area contributed by atoms with Crippen LogP contribution < -0.4 is 5.32 Å². The zero-order valence-corrected chi connectivity index (χ0v) is 23.9. The highest BCUT2D eigenvalue weighted by Crippen LogP contribution is 2.22. The number of benzene rings is 2. The van der Waals surface area contributed by atoms with E-state index < -0.39 is 10.0 Å². The third kappa shape index (κ3) is 8.80. The molecule has 1 N–H and O–H groups in total. The lowest BCUT2D eigenvalue weighted by molar-refractivity contribution is -0.135. The van der Waals surface area contributed by atoms with E-state index in [0.29, 0.717) is 56.7 Å². The molecule has 1 heterocycles. The molecule has 0 unspecified atom stereocenters. The highest BCUT2D eigenvalue weighted by molar-refractivity contribution is 7.89. The Labute approximate surface area is 232 Å². The molecule has 3 amide bonds. The molecule has 1 saturated heterocycles. The third-order valence-corrected chi connectivity index (χ3v) is 8.70. The number of amides is 3. The summed E-state index contributed by atoms with van der Waals surface area (Å²) < 4.78 is 27.2. The molecule has 0 saturated carbocycles. The number of carbonyl (C=O) groups excluding carboxylic acids is 2. The van der Waals surface area contributed by atoms with Crippen molar-refractivity contribution in [2.45, 2.75) is 52.6 Å². The minimum Gasteiger partial charge on any atom is -0.334 e. The normalized spacial score (nSPS) is 14.3. The topological polar surface area (TPSA) is 114 Å². The van der Waals surface area contributed by atoms with Gasteiger partial charge in [-0.2, -0.15) is 9.57 Å². The third-order valence-electron chi connectivity index (χ3n) is 6.71. The lowest BCUT2D eigenvalue weighted by atomic mass is 10.0. The van der Waals surface area contributed by atoms with Crippen LogP contribution in [0.5, 0.6) is 0 Å². The summed E-state index contributed by atoms with van der Waals surface area (Å²) in [6.45, 7) is 7.13. The molecule has 1 aliphatic rings. The summed E-state index contributed by atoms with van der Waals surface area (Å²) in [5, 5.41) is 11.8. The van der Waals surface area contributed by atoms with Crippen molar-refractivity contribution in [2.75, 3.05) is 37.2 Å². The van der Waals surface area contributed by atoms with Crippen LogP contribution in [0.3, 0.4) is 0 Å². The van der Waals surface area contributed by atoms with Crippen LogP contribution in [-0.2, 0) is 21.4 Å². The minimum absolute atomic E-state index is 0.0123. The Balaban J connectivity index is 1.71. The first-order chi connectivity index (χ1) is 18.6. The molecule has 210 valence electrons. The number of hydrogen-bond donors (Lipinski definition) is 1. The average molecular weight is 554 g/mol. The van der Waals surface area contributed by atoms with Gasteiger partial charge < -0.3 is 15.1 Å². The van der Waals surface area contributed by atoms with Crippen molar-refractivity contribution < 1.29 is 18.0 Å². The summed E-state index contributed by atoms with van der Waals surface area (Å²) in [7, 11) is -3.55. The quantitative estimate of drug-likeness (QED) is 0.446. The number of nitrogens with zero attached hydrogens (tertiary/aromatic N) is 4. The van der Waals surface area contributed by atoms with Gasteiger partial charge in [-0.3, -0.25) is 4.79 Å². The van der Waals surface area contributed by atoms with E-state index >= 15 is 0 Å². The van der Waals surface area contributed by atoms with Crippen molar-refractivity contribution in [3.63, 3.8) is 0 Å². The molecule has 10 heteroatoms. The zero-order chi connectivity index (χ0) is 28.4. The number of rotatable bonds is 11. The number of anilines is 1. The number of sulfonamides is 1. The lowest BCUT2D eigenvalue weighted by Crippen LogP contribution is -2.52. The van der Waals surface area contributed by atoms with E-state index in [1.54, 1.807) is 34.1 Å². The Hall–Kier alpha value is -3.42. The Kier molecular flexibility index (Phi) is 10.9. The van der Waals surface area contributed by atoms with Gasteiger partial charge in [-0.05, 0) is 55.0 Å². The van der Waals surface area contributed by atoms with Crippen LogP contribution in [0.1, 0.15) is 51.2 Å². The van der Waals surface area contributed by atoms with E-state index in [1.807, 2.05) is 51.1 Å². The van der Waals surface area contributed by atoms with Crippen LogP contribution in [0, 0.1) is 17.2 Å². The standard InChI is InChI=1S/C29H39N5O4S/c1-4-18-39(37,38)33(20-23(2)3)22-28(35)34(21-25-8-6-5-7-9-25)27-14-16-32(17-15-27)29(36)31-26-12-10-24(19-30)11-13-26/h5-13,23,27H,4,14-18,20-22H2,1-3H3,(H,31,36). The van der Waals surface area contributed by atoms with E-state index in [9.17, 15) is 18.0 Å². The first-order valence-electron chi connectivity index (χ1n) is 13.5. The van der Waals surface area contributed by atoms with Crippen molar-refractivity contribution in [2.24, 2.45) is 5.92 Å². The van der Waals surface area contributed by atoms with Crippen molar-refractivity contribution >= 4 is 27.6 Å². The van der Waals surface area contributed by atoms with Crippen LogP contribution in [0.2, 0.25) is 0 Å². The first kappa shape index (κ1) is 30.1. The van der Waals surface area contributed by atoms with Crippen LogP contribution in [0.4, 0.5) is 10.5 Å². The molecule has 3 rings (SSSR count). The summed E-state index contributed by atoms with van der Waals surface area (Å²) >= 11 is 0. The summed E-state index contributed by atoms with van der Waals surface area (Å²) in [6, 6.07) is 18.1. The van der Waals surface area contributed by atoms with E-state index in [1.165, 1.54) is 4.31 Å². The van der Waals surface area contributed by atoms with Gasteiger partial charge in [0, 0.05) is 37.9 Å².